The van der Waals surface area contributed by atoms with Crippen LogP contribution in [0, 0.1) is 17.8 Å². The molecule has 0 saturated carbocycles. The summed E-state index contributed by atoms with van der Waals surface area (Å²) in [4.78, 5) is 0. The Hall–Kier alpha value is -3.84. The highest BCUT2D eigenvalue weighted by molar-refractivity contribution is 5.41. The van der Waals surface area contributed by atoms with Crippen molar-refractivity contribution in [1.82, 2.24) is 0 Å². The third-order valence-corrected chi connectivity index (χ3v) is 6.28. The fourth-order valence-corrected chi connectivity index (χ4v) is 4.37. The molecule has 188 valence electrons. The quantitative estimate of drug-likeness (QED) is 0.209. The Morgan fingerprint density at radius 2 is 1.43 bits per heavy atom. The van der Waals surface area contributed by atoms with Crippen LogP contribution < -0.4 is 0 Å². The number of ether oxygens (including phenoxy) is 3. The van der Waals surface area contributed by atoms with E-state index in [9.17, 15) is 0 Å². The minimum atomic E-state index is -0.967. The molecule has 0 N–H and O–H groups in total. The fraction of sp³-hybridized carbons (Fsp3) is 0.235. The van der Waals surface area contributed by atoms with Gasteiger partial charge >= 0.3 is 0 Å². The second-order valence-electron chi connectivity index (χ2n) is 9.09. The van der Waals surface area contributed by atoms with E-state index in [4.69, 9.17) is 14.2 Å². The van der Waals surface area contributed by atoms with Crippen molar-refractivity contribution in [2.24, 2.45) is 5.92 Å². The Kier molecular flexibility index (Phi) is 9.54. The molecular formula is C34H34O3. The van der Waals surface area contributed by atoms with Crippen molar-refractivity contribution in [1.29, 1.82) is 0 Å². The molecule has 3 aromatic rings. The predicted octanol–water partition coefficient (Wildman–Crippen LogP) is 7.26. The molecule has 3 nitrogen and oxygen atoms in total. The van der Waals surface area contributed by atoms with Gasteiger partial charge in [-0.3, -0.25) is 0 Å². The molecule has 3 heteroatoms. The topological polar surface area (TPSA) is 27.7 Å². The summed E-state index contributed by atoms with van der Waals surface area (Å²) >= 11 is 0. The van der Waals surface area contributed by atoms with Gasteiger partial charge in [-0.2, -0.15) is 0 Å². The summed E-state index contributed by atoms with van der Waals surface area (Å²) in [6.07, 6.45) is 6.94. The zero-order valence-corrected chi connectivity index (χ0v) is 21.2. The summed E-state index contributed by atoms with van der Waals surface area (Å²) in [5.41, 5.74) is 2.16. The van der Waals surface area contributed by atoms with Gasteiger partial charge in [0.1, 0.15) is 12.4 Å². The number of hydrogen-bond acceptors (Lipinski definition) is 3. The van der Waals surface area contributed by atoms with Crippen molar-refractivity contribution in [2.75, 3.05) is 6.61 Å². The first-order valence-electron chi connectivity index (χ1n) is 12.7. The van der Waals surface area contributed by atoms with Crippen LogP contribution in [0.3, 0.4) is 0 Å². The van der Waals surface area contributed by atoms with Crippen molar-refractivity contribution in [2.45, 2.75) is 37.8 Å². The van der Waals surface area contributed by atoms with Gasteiger partial charge < -0.3 is 14.2 Å². The van der Waals surface area contributed by atoms with Gasteiger partial charge in [-0.15, -0.1) is 13.2 Å². The number of hydrogen-bond donors (Lipinski definition) is 0. The van der Waals surface area contributed by atoms with E-state index in [0.717, 1.165) is 23.1 Å². The first-order chi connectivity index (χ1) is 18.2. The highest BCUT2D eigenvalue weighted by Crippen LogP contribution is 2.38. The summed E-state index contributed by atoms with van der Waals surface area (Å²) in [5.74, 6) is 7.50. The van der Waals surface area contributed by atoms with Crippen molar-refractivity contribution >= 4 is 0 Å². The molecule has 1 aliphatic heterocycles. The molecule has 0 bridgehead atoms. The largest absolute Gasteiger partial charge is 0.489 e. The highest BCUT2D eigenvalue weighted by Gasteiger charge is 2.43. The average molecular weight is 491 g/mol. The first-order valence-corrected chi connectivity index (χ1v) is 12.7. The Morgan fingerprint density at radius 3 is 2.05 bits per heavy atom. The second-order valence-corrected chi connectivity index (χ2v) is 9.09. The van der Waals surface area contributed by atoms with Crippen LogP contribution in [-0.2, 0) is 27.4 Å². The Bertz CT molecular complexity index is 1220. The average Bonchev–Trinajstić information content (AvgIpc) is 2.94. The van der Waals surface area contributed by atoms with E-state index in [-0.39, 0.29) is 12.0 Å². The third kappa shape index (κ3) is 7.33. The SMILES string of the molecule is C=CC[C@@H]1C=C(OCc2ccccc2)[C@@](C#Cc2ccccc2)(CC=C)O[C@@H]1COCc1ccccc1. The van der Waals surface area contributed by atoms with Gasteiger partial charge in [0.15, 0.2) is 5.60 Å². The van der Waals surface area contributed by atoms with E-state index in [1.54, 1.807) is 0 Å². The molecule has 0 unspecified atom stereocenters. The first kappa shape index (κ1) is 26.2. The molecule has 0 spiro atoms. The highest BCUT2D eigenvalue weighted by atomic mass is 16.6. The van der Waals surface area contributed by atoms with Crippen molar-refractivity contribution < 1.29 is 14.2 Å². The number of allylic oxidation sites excluding steroid dienone is 1. The molecule has 0 amide bonds. The molecule has 4 rings (SSSR count). The summed E-state index contributed by atoms with van der Waals surface area (Å²) in [6, 6.07) is 30.2. The van der Waals surface area contributed by atoms with Crippen LogP contribution in [0.1, 0.15) is 29.5 Å². The second kappa shape index (κ2) is 13.5. The van der Waals surface area contributed by atoms with E-state index in [0.29, 0.717) is 32.0 Å². The lowest BCUT2D eigenvalue weighted by Gasteiger charge is -2.41. The zero-order chi connectivity index (χ0) is 25.8. The van der Waals surface area contributed by atoms with Crippen LogP contribution in [0.5, 0.6) is 0 Å². The lowest BCUT2D eigenvalue weighted by atomic mass is 9.86. The van der Waals surface area contributed by atoms with Crippen LogP contribution in [-0.4, -0.2) is 18.3 Å². The Balaban J connectivity index is 1.64. The van der Waals surface area contributed by atoms with E-state index >= 15 is 0 Å². The van der Waals surface area contributed by atoms with Crippen molar-refractivity contribution in [3.63, 3.8) is 0 Å². The predicted molar refractivity (Wildman–Crippen MR) is 149 cm³/mol. The lowest BCUT2D eigenvalue weighted by molar-refractivity contribution is -0.124. The normalized spacial score (nSPS) is 20.7. The number of benzene rings is 3. The summed E-state index contributed by atoms with van der Waals surface area (Å²) in [6.45, 7) is 9.37. The summed E-state index contributed by atoms with van der Waals surface area (Å²) in [5, 5.41) is 0. The molecule has 1 heterocycles. The van der Waals surface area contributed by atoms with Crippen molar-refractivity contribution in [3.05, 3.63) is 145 Å². The molecule has 3 aromatic carbocycles. The molecule has 1 aliphatic rings. The molecule has 0 aromatic heterocycles. The standard InChI is InChI=1S/C34H34O3/c1-3-14-31-24-33(36-26-30-19-12-7-13-20-30)34(22-4-2,23-21-28-15-8-5-9-16-28)37-32(31)27-35-25-29-17-10-6-11-18-29/h3-13,15-20,24,31-32H,1-2,14,22,25-27H2/t31-,32-,34+/m1/s1. The van der Waals surface area contributed by atoms with E-state index in [1.165, 1.54) is 0 Å². The van der Waals surface area contributed by atoms with Gasteiger partial charge in [0.05, 0.1) is 19.3 Å². The molecule has 0 saturated heterocycles. The van der Waals surface area contributed by atoms with E-state index < -0.39 is 5.60 Å². The monoisotopic (exact) mass is 490 g/mol. The molecule has 3 atom stereocenters. The van der Waals surface area contributed by atoms with E-state index in [1.807, 2.05) is 78.9 Å². The molecule has 0 fully saturated rings. The summed E-state index contributed by atoms with van der Waals surface area (Å²) < 4.78 is 19.4. The minimum Gasteiger partial charge on any atom is -0.489 e. The van der Waals surface area contributed by atoms with Gasteiger partial charge in [0, 0.05) is 17.9 Å². The van der Waals surface area contributed by atoms with Crippen LogP contribution in [0.2, 0.25) is 0 Å². The zero-order valence-electron chi connectivity index (χ0n) is 21.2. The Labute approximate surface area is 221 Å². The molecular weight excluding hydrogens is 456 g/mol. The van der Waals surface area contributed by atoms with Crippen LogP contribution in [0.15, 0.2) is 128 Å². The molecule has 0 radical (unpaired) electrons. The fourth-order valence-electron chi connectivity index (χ4n) is 4.37. The van der Waals surface area contributed by atoms with Gasteiger partial charge in [-0.1, -0.05) is 103 Å². The van der Waals surface area contributed by atoms with E-state index in [2.05, 4.69) is 55.3 Å². The maximum Gasteiger partial charge on any atom is 0.189 e. The Morgan fingerprint density at radius 1 is 0.811 bits per heavy atom. The maximum atomic E-state index is 6.83. The van der Waals surface area contributed by atoms with Crippen molar-refractivity contribution in [3.8, 4) is 11.8 Å². The lowest BCUT2D eigenvalue weighted by Crippen LogP contribution is -2.46. The number of rotatable bonds is 11. The van der Waals surface area contributed by atoms with Crippen LogP contribution >= 0.6 is 0 Å². The minimum absolute atomic E-state index is 0.0514. The van der Waals surface area contributed by atoms with Gasteiger partial charge in [-0.05, 0) is 35.8 Å². The molecule has 0 aliphatic carbocycles. The maximum absolute atomic E-state index is 6.83. The molecule has 37 heavy (non-hydrogen) atoms. The smallest absolute Gasteiger partial charge is 0.189 e. The van der Waals surface area contributed by atoms with Gasteiger partial charge in [0.25, 0.3) is 0 Å². The summed E-state index contributed by atoms with van der Waals surface area (Å²) in [7, 11) is 0. The van der Waals surface area contributed by atoms with Gasteiger partial charge in [0.2, 0.25) is 0 Å². The van der Waals surface area contributed by atoms with Crippen LogP contribution in [0.4, 0.5) is 0 Å². The van der Waals surface area contributed by atoms with Gasteiger partial charge in [-0.25, -0.2) is 0 Å². The third-order valence-electron chi connectivity index (χ3n) is 6.28. The van der Waals surface area contributed by atoms with Crippen LogP contribution in [0.25, 0.3) is 0 Å².